The number of aromatic nitrogens is 2. The maximum Gasteiger partial charge on any atom is 0.330 e. The van der Waals surface area contributed by atoms with Crippen LogP contribution in [-0.2, 0) is 11.3 Å². The van der Waals surface area contributed by atoms with Crippen LogP contribution in [0.5, 0.6) is 0 Å². The van der Waals surface area contributed by atoms with Crippen molar-refractivity contribution in [1.82, 2.24) is 9.55 Å². The molecule has 0 spiro atoms. The standard InChI is InChI=1S/C21H29ClN6O5/c1-4-5-9-27-19(23)18(20(30)25-21(27)31)26(10-8-13(2)3)12-17(29)24-15-7-6-14(22)11-16(15)28(32)33/h6-7,11,13H,4-5,8-10,12,23H2,1-3H3,(H,24,29)(H,25,30,31). The lowest BCUT2D eigenvalue weighted by Gasteiger charge is -2.26. The van der Waals surface area contributed by atoms with Crippen molar-refractivity contribution in [1.29, 1.82) is 0 Å². The normalized spacial score (nSPS) is 10.9. The Labute approximate surface area is 195 Å². The number of halogens is 1. The molecule has 1 amide bonds. The second kappa shape index (κ2) is 11.5. The molecular formula is C21H29ClN6O5. The first kappa shape index (κ1) is 25.9. The maximum atomic E-state index is 12.8. The van der Waals surface area contributed by atoms with Gasteiger partial charge in [-0.05, 0) is 30.9 Å². The topological polar surface area (TPSA) is 156 Å². The highest BCUT2D eigenvalue weighted by atomic mass is 35.5. The van der Waals surface area contributed by atoms with Gasteiger partial charge in [0, 0.05) is 24.2 Å². The first-order valence-electron chi connectivity index (χ1n) is 10.7. The van der Waals surface area contributed by atoms with Crippen molar-refractivity contribution in [2.75, 3.05) is 29.0 Å². The van der Waals surface area contributed by atoms with Crippen LogP contribution in [-0.4, -0.2) is 33.5 Å². The molecule has 0 unspecified atom stereocenters. The highest BCUT2D eigenvalue weighted by molar-refractivity contribution is 6.31. The Kier molecular flexibility index (Phi) is 9.03. The lowest BCUT2D eigenvalue weighted by Crippen LogP contribution is -2.42. The van der Waals surface area contributed by atoms with Gasteiger partial charge >= 0.3 is 5.69 Å². The summed E-state index contributed by atoms with van der Waals surface area (Å²) in [6.07, 6.45) is 2.14. The highest BCUT2D eigenvalue weighted by Gasteiger charge is 2.23. The van der Waals surface area contributed by atoms with Gasteiger partial charge in [-0.1, -0.05) is 38.8 Å². The molecule has 0 saturated carbocycles. The van der Waals surface area contributed by atoms with Gasteiger partial charge in [0.2, 0.25) is 5.91 Å². The van der Waals surface area contributed by atoms with Crippen molar-refractivity contribution in [2.45, 2.75) is 46.6 Å². The lowest BCUT2D eigenvalue weighted by atomic mass is 10.1. The van der Waals surface area contributed by atoms with E-state index in [-0.39, 0.29) is 40.4 Å². The molecule has 4 N–H and O–H groups in total. The Morgan fingerprint density at radius 3 is 2.67 bits per heavy atom. The molecule has 11 nitrogen and oxygen atoms in total. The van der Waals surface area contributed by atoms with Crippen molar-refractivity contribution in [3.63, 3.8) is 0 Å². The van der Waals surface area contributed by atoms with E-state index >= 15 is 0 Å². The fourth-order valence-corrected chi connectivity index (χ4v) is 3.40. The second-order valence-corrected chi connectivity index (χ2v) is 8.51. The molecule has 0 aliphatic carbocycles. The van der Waals surface area contributed by atoms with E-state index in [0.29, 0.717) is 25.9 Å². The molecule has 33 heavy (non-hydrogen) atoms. The molecule has 0 bridgehead atoms. The molecule has 2 rings (SSSR count). The third-order valence-corrected chi connectivity index (χ3v) is 5.24. The zero-order chi connectivity index (χ0) is 24.7. The van der Waals surface area contributed by atoms with Crippen molar-refractivity contribution < 1.29 is 9.72 Å². The molecule has 1 aromatic carbocycles. The summed E-state index contributed by atoms with van der Waals surface area (Å²) in [5.74, 6) is -0.347. The van der Waals surface area contributed by atoms with Gasteiger partial charge in [0.1, 0.15) is 17.2 Å². The Morgan fingerprint density at radius 1 is 1.36 bits per heavy atom. The summed E-state index contributed by atoms with van der Waals surface area (Å²) in [7, 11) is 0. The largest absolute Gasteiger partial charge is 0.383 e. The molecule has 0 aliphatic rings. The van der Waals surface area contributed by atoms with Gasteiger partial charge < -0.3 is 16.0 Å². The van der Waals surface area contributed by atoms with E-state index < -0.39 is 22.1 Å². The number of hydrogen-bond donors (Lipinski definition) is 3. The molecular weight excluding hydrogens is 452 g/mol. The summed E-state index contributed by atoms with van der Waals surface area (Å²) >= 11 is 5.83. The van der Waals surface area contributed by atoms with Crippen LogP contribution in [0, 0.1) is 16.0 Å². The lowest BCUT2D eigenvalue weighted by molar-refractivity contribution is -0.383. The number of nitrogens with one attached hydrogen (secondary N) is 2. The molecule has 0 aliphatic heterocycles. The smallest absolute Gasteiger partial charge is 0.330 e. The van der Waals surface area contributed by atoms with E-state index in [2.05, 4.69) is 10.3 Å². The summed E-state index contributed by atoms with van der Waals surface area (Å²) in [5, 5.41) is 14.0. The van der Waals surface area contributed by atoms with Crippen molar-refractivity contribution in [3.8, 4) is 0 Å². The number of hydrogen-bond acceptors (Lipinski definition) is 7. The van der Waals surface area contributed by atoms with Crippen LogP contribution in [0.2, 0.25) is 5.02 Å². The number of benzene rings is 1. The minimum Gasteiger partial charge on any atom is -0.383 e. The Balaban J connectivity index is 2.40. The third kappa shape index (κ3) is 6.82. The number of anilines is 3. The number of nitrogen functional groups attached to an aromatic ring is 1. The van der Waals surface area contributed by atoms with E-state index in [9.17, 15) is 24.5 Å². The molecule has 1 heterocycles. The Morgan fingerprint density at radius 2 is 2.06 bits per heavy atom. The minimum atomic E-state index is -0.695. The number of amides is 1. The Bertz CT molecular complexity index is 1130. The van der Waals surface area contributed by atoms with Gasteiger partial charge in [0.25, 0.3) is 11.2 Å². The SMILES string of the molecule is CCCCn1c(N)c(N(CCC(C)C)CC(=O)Nc2ccc(Cl)cc2[N+](=O)[O-])c(=O)[nH]c1=O. The number of nitrogens with two attached hydrogens (primary N) is 1. The second-order valence-electron chi connectivity index (χ2n) is 8.07. The molecule has 12 heteroatoms. The highest BCUT2D eigenvalue weighted by Crippen LogP contribution is 2.28. The first-order chi connectivity index (χ1) is 15.5. The van der Waals surface area contributed by atoms with Gasteiger partial charge in [0.05, 0.1) is 11.5 Å². The third-order valence-electron chi connectivity index (χ3n) is 5.01. The van der Waals surface area contributed by atoms with Crippen LogP contribution in [0.4, 0.5) is 22.9 Å². The van der Waals surface area contributed by atoms with E-state index in [0.717, 1.165) is 12.5 Å². The summed E-state index contributed by atoms with van der Waals surface area (Å²) in [4.78, 5) is 52.2. The van der Waals surface area contributed by atoms with E-state index in [1.165, 1.54) is 21.6 Å². The van der Waals surface area contributed by atoms with Gasteiger partial charge in [-0.25, -0.2) is 4.79 Å². The summed E-state index contributed by atoms with van der Waals surface area (Å²) < 4.78 is 1.28. The fraction of sp³-hybridized carbons (Fsp3) is 0.476. The summed E-state index contributed by atoms with van der Waals surface area (Å²) in [5.41, 5.74) is 4.55. The summed E-state index contributed by atoms with van der Waals surface area (Å²) in [6.45, 7) is 6.28. The molecule has 180 valence electrons. The van der Waals surface area contributed by atoms with E-state index in [1.54, 1.807) is 0 Å². The van der Waals surface area contributed by atoms with E-state index in [4.69, 9.17) is 17.3 Å². The van der Waals surface area contributed by atoms with Crippen LogP contribution in [0.15, 0.2) is 27.8 Å². The van der Waals surface area contributed by atoms with Gasteiger partial charge in [-0.3, -0.25) is 29.3 Å². The number of H-pyrrole nitrogens is 1. The van der Waals surface area contributed by atoms with Crippen LogP contribution in [0.25, 0.3) is 0 Å². The predicted octanol–water partition coefficient (Wildman–Crippen LogP) is 2.97. The molecule has 2 aromatic rings. The molecule has 0 saturated heterocycles. The number of nitrogens with zero attached hydrogens (tertiary/aromatic N) is 3. The van der Waals surface area contributed by atoms with Crippen LogP contribution >= 0.6 is 11.6 Å². The fourth-order valence-electron chi connectivity index (χ4n) is 3.23. The summed E-state index contributed by atoms with van der Waals surface area (Å²) in [6, 6.07) is 3.90. The van der Waals surface area contributed by atoms with Crippen LogP contribution in [0.1, 0.15) is 40.0 Å². The van der Waals surface area contributed by atoms with Crippen molar-refractivity contribution in [3.05, 3.63) is 54.2 Å². The average molecular weight is 481 g/mol. The van der Waals surface area contributed by atoms with Crippen LogP contribution in [0.3, 0.4) is 0 Å². The monoisotopic (exact) mass is 480 g/mol. The molecule has 0 atom stereocenters. The average Bonchev–Trinajstić information content (AvgIpc) is 2.72. The number of carbonyl (C=O) groups is 1. The van der Waals surface area contributed by atoms with Gasteiger partial charge in [-0.2, -0.15) is 0 Å². The first-order valence-corrected chi connectivity index (χ1v) is 11.0. The van der Waals surface area contributed by atoms with E-state index in [1.807, 2.05) is 20.8 Å². The molecule has 0 radical (unpaired) electrons. The van der Waals surface area contributed by atoms with Crippen LogP contribution < -0.4 is 27.2 Å². The number of rotatable bonds is 11. The zero-order valence-electron chi connectivity index (χ0n) is 18.9. The van der Waals surface area contributed by atoms with Crippen molar-refractivity contribution in [2.24, 2.45) is 5.92 Å². The van der Waals surface area contributed by atoms with Gasteiger partial charge in [0.15, 0.2) is 0 Å². The number of nitro groups is 1. The zero-order valence-corrected chi connectivity index (χ0v) is 19.6. The molecule has 0 fully saturated rings. The number of nitro benzene ring substituents is 1. The molecule has 1 aromatic heterocycles. The number of unbranched alkanes of at least 4 members (excludes halogenated alkanes) is 1. The maximum absolute atomic E-state index is 12.8. The minimum absolute atomic E-state index is 0.0204. The Hall–Kier alpha value is -3.34. The van der Waals surface area contributed by atoms with Crippen molar-refractivity contribution >= 4 is 40.4 Å². The number of aromatic amines is 1. The predicted molar refractivity (Wildman–Crippen MR) is 129 cm³/mol. The number of carbonyl (C=O) groups excluding carboxylic acids is 1. The van der Waals surface area contributed by atoms with Gasteiger partial charge in [-0.15, -0.1) is 0 Å². The quantitative estimate of drug-likeness (QED) is 0.329.